The highest BCUT2D eigenvalue weighted by Gasteiger charge is 2.42. The van der Waals surface area contributed by atoms with Crippen LogP contribution in [0.25, 0.3) is 10.8 Å². The molecule has 1 unspecified atom stereocenters. The molecule has 3 heterocycles. The Balaban J connectivity index is 1.42. The first-order valence-electron chi connectivity index (χ1n) is 10.4. The lowest BCUT2D eigenvalue weighted by Crippen LogP contribution is -2.51. The van der Waals surface area contributed by atoms with Crippen molar-refractivity contribution in [3.63, 3.8) is 0 Å². The lowest BCUT2D eigenvalue weighted by Gasteiger charge is -2.46. The Hall–Kier alpha value is -2.47. The summed E-state index contributed by atoms with van der Waals surface area (Å²) >= 11 is 0. The third-order valence-electron chi connectivity index (χ3n) is 6.40. The van der Waals surface area contributed by atoms with E-state index in [0.29, 0.717) is 37.7 Å². The molecule has 2 aliphatic rings. The molecule has 1 aromatic heterocycles. The number of aromatic nitrogens is 1. The van der Waals surface area contributed by atoms with Gasteiger partial charge in [-0.05, 0) is 43.1 Å². The number of carbonyl (C=O) groups excluding carboxylic acids is 2. The molecular formula is C23H29N3O3. The summed E-state index contributed by atoms with van der Waals surface area (Å²) in [5, 5.41) is 1.93. The fraction of sp³-hybridized carbons (Fsp3) is 0.522. The van der Waals surface area contributed by atoms with Crippen molar-refractivity contribution in [3.05, 3.63) is 42.2 Å². The molecule has 0 aliphatic carbocycles. The van der Waals surface area contributed by atoms with Gasteiger partial charge in [0.05, 0.1) is 5.60 Å². The maximum absolute atomic E-state index is 13.1. The van der Waals surface area contributed by atoms with E-state index < -0.39 is 0 Å². The smallest absolute Gasteiger partial charge is 0.273 e. The van der Waals surface area contributed by atoms with Gasteiger partial charge in [-0.3, -0.25) is 14.6 Å². The first-order chi connectivity index (χ1) is 14.0. The summed E-state index contributed by atoms with van der Waals surface area (Å²) in [6, 6.07) is 9.81. The van der Waals surface area contributed by atoms with Crippen LogP contribution in [0, 0.1) is 5.92 Å². The topological polar surface area (TPSA) is 62.7 Å². The number of amides is 2. The van der Waals surface area contributed by atoms with E-state index in [9.17, 15) is 9.59 Å². The van der Waals surface area contributed by atoms with E-state index in [0.717, 1.165) is 36.5 Å². The number of rotatable bonds is 3. The normalized spacial score (nSPS) is 21.3. The molecule has 6 heteroatoms. The van der Waals surface area contributed by atoms with Gasteiger partial charge in [-0.25, -0.2) is 0 Å². The average Bonchev–Trinajstić information content (AvgIpc) is 2.73. The van der Waals surface area contributed by atoms with Gasteiger partial charge in [0.1, 0.15) is 5.69 Å². The molecule has 0 saturated carbocycles. The highest BCUT2D eigenvalue weighted by Crippen LogP contribution is 2.39. The van der Waals surface area contributed by atoms with Gasteiger partial charge in [0.15, 0.2) is 0 Å². The predicted octanol–water partition coefficient (Wildman–Crippen LogP) is 3.11. The summed E-state index contributed by atoms with van der Waals surface area (Å²) in [5.74, 6) is 0.536. The van der Waals surface area contributed by atoms with E-state index in [1.54, 1.807) is 11.1 Å². The number of hydrogen-bond donors (Lipinski definition) is 0. The molecule has 2 saturated heterocycles. The van der Waals surface area contributed by atoms with Gasteiger partial charge in [-0.15, -0.1) is 0 Å². The number of likely N-dealkylation sites (tertiary alicyclic amines) is 1. The number of piperidine rings is 1. The molecule has 0 bridgehead atoms. The Morgan fingerprint density at radius 1 is 1.21 bits per heavy atom. The van der Waals surface area contributed by atoms with E-state index in [1.165, 1.54) is 0 Å². The lowest BCUT2D eigenvalue weighted by atomic mass is 9.78. The monoisotopic (exact) mass is 395 g/mol. The fourth-order valence-corrected chi connectivity index (χ4v) is 4.64. The average molecular weight is 396 g/mol. The van der Waals surface area contributed by atoms with E-state index in [-0.39, 0.29) is 17.4 Å². The number of benzene rings is 1. The third-order valence-corrected chi connectivity index (χ3v) is 6.40. The van der Waals surface area contributed by atoms with Crippen molar-refractivity contribution >= 4 is 22.6 Å². The van der Waals surface area contributed by atoms with Gasteiger partial charge in [-0.2, -0.15) is 0 Å². The molecule has 154 valence electrons. The van der Waals surface area contributed by atoms with E-state index in [1.807, 2.05) is 49.3 Å². The van der Waals surface area contributed by atoms with Crippen LogP contribution in [0.15, 0.2) is 36.5 Å². The lowest BCUT2D eigenvalue weighted by molar-refractivity contribution is -0.139. The number of fused-ring (bicyclic) bond motifs is 1. The highest BCUT2D eigenvalue weighted by molar-refractivity contribution is 6.05. The molecule has 29 heavy (non-hydrogen) atoms. The Morgan fingerprint density at radius 2 is 1.97 bits per heavy atom. The maximum Gasteiger partial charge on any atom is 0.273 e. The van der Waals surface area contributed by atoms with Crippen molar-refractivity contribution in [2.45, 2.75) is 37.7 Å². The second-order valence-electron chi connectivity index (χ2n) is 8.56. The van der Waals surface area contributed by atoms with Crippen LogP contribution in [0.2, 0.25) is 0 Å². The minimum Gasteiger partial charge on any atom is -0.375 e. The van der Waals surface area contributed by atoms with Crippen LogP contribution in [0.4, 0.5) is 0 Å². The predicted molar refractivity (Wildman–Crippen MR) is 112 cm³/mol. The molecule has 6 nitrogen and oxygen atoms in total. The SMILES string of the molecule is CN(C)C(=O)CC1CCOC2(CCN(C(=O)c3nccc4ccccc34)CC2)C1. The van der Waals surface area contributed by atoms with Gasteiger partial charge in [0.25, 0.3) is 5.91 Å². The van der Waals surface area contributed by atoms with Crippen LogP contribution in [-0.2, 0) is 9.53 Å². The summed E-state index contributed by atoms with van der Waals surface area (Å²) in [6.07, 6.45) is 5.76. The number of pyridine rings is 1. The fourth-order valence-electron chi connectivity index (χ4n) is 4.64. The van der Waals surface area contributed by atoms with Crippen molar-refractivity contribution in [1.82, 2.24) is 14.8 Å². The van der Waals surface area contributed by atoms with Crippen molar-refractivity contribution in [2.75, 3.05) is 33.8 Å². The van der Waals surface area contributed by atoms with Crippen LogP contribution in [0.5, 0.6) is 0 Å². The van der Waals surface area contributed by atoms with Crippen molar-refractivity contribution < 1.29 is 14.3 Å². The van der Waals surface area contributed by atoms with Crippen LogP contribution in [-0.4, -0.2) is 66.0 Å². The number of hydrogen-bond acceptors (Lipinski definition) is 4. The van der Waals surface area contributed by atoms with Crippen molar-refractivity contribution in [2.24, 2.45) is 5.92 Å². The Bertz CT molecular complexity index is 898. The van der Waals surface area contributed by atoms with Crippen LogP contribution >= 0.6 is 0 Å². The maximum atomic E-state index is 13.1. The summed E-state index contributed by atoms with van der Waals surface area (Å²) in [5.41, 5.74) is 0.330. The summed E-state index contributed by atoms with van der Waals surface area (Å²) in [4.78, 5) is 33.2. The van der Waals surface area contributed by atoms with Crippen LogP contribution < -0.4 is 0 Å². The second-order valence-corrected chi connectivity index (χ2v) is 8.56. The molecule has 2 fully saturated rings. The second kappa shape index (κ2) is 8.11. The molecule has 1 spiro atoms. The quantitative estimate of drug-likeness (QED) is 0.801. The summed E-state index contributed by atoms with van der Waals surface area (Å²) in [7, 11) is 3.62. The Kier molecular flexibility index (Phi) is 5.54. The highest BCUT2D eigenvalue weighted by atomic mass is 16.5. The number of ether oxygens (including phenoxy) is 1. The molecule has 2 amide bonds. The minimum absolute atomic E-state index is 0.00760. The first-order valence-corrected chi connectivity index (χ1v) is 10.4. The molecule has 4 rings (SSSR count). The number of nitrogens with zero attached hydrogens (tertiary/aromatic N) is 3. The Labute approximate surface area is 171 Å². The summed E-state index contributed by atoms with van der Waals surface area (Å²) < 4.78 is 6.20. The Morgan fingerprint density at radius 3 is 2.72 bits per heavy atom. The van der Waals surface area contributed by atoms with Crippen LogP contribution in [0.1, 0.15) is 42.6 Å². The molecule has 2 aliphatic heterocycles. The van der Waals surface area contributed by atoms with E-state index >= 15 is 0 Å². The first kappa shape index (κ1) is 19.8. The zero-order valence-corrected chi connectivity index (χ0v) is 17.3. The van der Waals surface area contributed by atoms with Gasteiger partial charge < -0.3 is 14.5 Å². The molecular weight excluding hydrogens is 366 g/mol. The van der Waals surface area contributed by atoms with Crippen LogP contribution in [0.3, 0.4) is 0 Å². The van der Waals surface area contributed by atoms with Gasteiger partial charge >= 0.3 is 0 Å². The van der Waals surface area contributed by atoms with Crippen molar-refractivity contribution in [1.29, 1.82) is 0 Å². The summed E-state index contributed by atoms with van der Waals surface area (Å²) in [6.45, 7) is 2.03. The zero-order chi connectivity index (χ0) is 20.4. The molecule has 1 aromatic carbocycles. The van der Waals surface area contributed by atoms with Crippen molar-refractivity contribution in [3.8, 4) is 0 Å². The molecule has 2 aromatic rings. The van der Waals surface area contributed by atoms with Gasteiger partial charge in [0.2, 0.25) is 5.91 Å². The minimum atomic E-state index is -0.196. The largest absolute Gasteiger partial charge is 0.375 e. The van der Waals surface area contributed by atoms with E-state index in [2.05, 4.69) is 4.98 Å². The number of carbonyl (C=O) groups is 2. The van der Waals surface area contributed by atoms with Gasteiger partial charge in [0, 0.05) is 51.8 Å². The molecule has 1 atom stereocenters. The van der Waals surface area contributed by atoms with E-state index in [4.69, 9.17) is 4.74 Å². The molecule has 0 radical (unpaired) electrons. The molecule has 0 N–H and O–H groups in total. The third kappa shape index (κ3) is 4.13. The zero-order valence-electron chi connectivity index (χ0n) is 17.3. The standard InChI is InChI=1S/C23H29N3O3/c1-25(2)20(27)15-17-8-14-29-23(16-17)9-12-26(13-10-23)22(28)21-19-6-4-3-5-18(19)7-11-24-21/h3-7,11,17H,8-10,12-16H2,1-2H3. The van der Waals surface area contributed by atoms with Gasteiger partial charge in [-0.1, -0.05) is 24.3 Å².